The average molecular weight is 382 g/mol. The summed E-state index contributed by atoms with van der Waals surface area (Å²) >= 11 is 0. The van der Waals surface area contributed by atoms with Crippen molar-refractivity contribution in [3.63, 3.8) is 0 Å². The molecule has 2 amide bonds. The molecule has 3 aromatic rings. The zero-order valence-electron chi connectivity index (χ0n) is 16.5. The van der Waals surface area contributed by atoms with Crippen molar-refractivity contribution < 1.29 is 9.32 Å². The number of likely N-dealkylation sites (tertiary alicyclic amines) is 1. The second kappa shape index (κ2) is 7.61. The Morgan fingerprint density at radius 2 is 2.25 bits per heavy atom. The lowest BCUT2D eigenvalue weighted by Crippen LogP contribution is -2.41. The summed E-state index contributed by atoms with van der Waals surface area (Å²) in [5.74, 6) is 2.61. The molecule has 1 atom stereocenters. The number of aromatic nitrogens is 4. The normalized spacial score (nSPS) is 17.4. The van der Waals surface area contributed by atoms with Crippen molar-refractivity contribution in [2.24, 2.45) is 0 Å². The van der Waals surface area contributed by atoms with Crippen LogP contribution in [0.2, 0.25) is 0 Å². The number of nitrogens with one attached hydrogen (secondary N) is 2. The number of imidazole rings is 1. The van der Waals surface area contributed by atoms with Gasteiger partial charge in [0.2, 0.25) is 5.89 Å². The molecule has 148 valence electrons. The number of urea groups is 1. The number of benzene rings is 1. The van der Waals surface area contributed by atoms with Crippen LogP contribution in [0.3, 0.4) is 0 Å². The maximum Gasteiger partial charge on any atom is 0.321 e. The van der Waals surface area contributed by atoms with Gasteiger partial charge < -0.3 is 19.7 Å². The van der Waals surface area contributed by atoms with Crippen molar-refractivity contribution >= 4 is 22.8 Å². The average Bonchev–Trinajstić information content (AvgIpc) is 3.35. The lowest BCUT2D eigenvalue weighted by molar-refractivity contribution is 0.184. The molecule has 1 aliphatic rings. The minimum Gasteiger partial charge on any atom is -0.342 e. The zero-order valence-corrected chi connectivity index (χ0v) is 16.5. The molecule has 0 radical (unpaired) electrons. The van der Waals surface area contributed by atoms with Gasteiger partial charge >= 0.3 is 6.03 Å². The lowest BCUT2D eigenvalue weighted by atomic mass is 9.98. The number of rotatable bonds is 4. The molecule has 1 saturated heterocycles. The number of anilines is 1. The number of fused-ring (bicyclic) bond motifs is 1. The van der Waals surface area contributed by atoms with Gasteiger partial charge in [-0.05, 0) is 31.0 Å². The minimum atomic E-state index is -0.108. The van der Waals surface area contributed by atoms with E-state index in [9.17, 15) is 4.79 Å². The van der Waals surface area contributed by atoms with E-state index in [0.29, 0.717) is 12.4 Å². The highest BCUT2D eigenvalue weighted by Crippen LogP contribution is 2.27. The fourth-order valence-electron chi connectivity index (χ4n) is 3.52. The van der Waals surface area contributed by atoms with Crippen LogP contribution < -0.4 is 5.32 Å². The number of aryl methyl sites for hydroxylation is 1. The van der Waals surface area contributed by atoms with Crippen molar-refractivity contribution in [1.82, 2.24) is 25.0 Å². The summed E-state index contributed by atoms with van der Waals surface area (Å²) in [6, 6.07) is 5.62. The number of piperidine rings is 1. The standard InChI is InChI=1S/C20H26N6O2/c1-4-17-22-15-8-7-14(10-16(15)23-17)21-20(27)26-9-5-6-13(11-26)19-24-18(12(2)3)25-28-19/h7-8,10,12-13H,4-6,9,11H2,1-3H3,(H,21,27)(H,22,23). The van der Waals surface area contributed by atoms with Crippen molar-refractivity contribution in [3.05, 3.63) is 35.7 Å². The number of carbonyl (C=O) groups excluding carboxylic acids is 1. The van der Waals surface area contributed by atoms with E-state index in [-0.39, 0.29) is 17.9 Å². The van der Waals surface area contributed by atoms with Crippen LogP contribution in [-0.2, 0) is 6.42 Å². The summed E-state index contributed by atoms with van der Waals surface area (Å²) in [6.45, 7) is 7.43. The fourth-order valence-corrected chi connectivity index (χ4v) is 3.52. The van der Waals surface area contributed by atoms with Gasteiger partial charge in [-0.2, -0.15) is 4.98 Å². The molecule has 28 heavy (non-hydrogen) atoms. The Balaban J connectivity index is 1.43. The van der Waals surface area contributed by atoms with Crippen LogP contribution in [0.25, 0.3) is 11.0 Å². The highest BCUT2D eigenvalue weighted by Gasteiger charge is 2.29. The highest BCUT2D eigenvalue weighted by molar-refractivity contribution is 5.92. The number of H-pyrrole nitrogens is 1. The Labute approximate surface area is 163 Å². The van der Waals surface area contributed by atoms with Crippen molar-refractivity contribution in [2.45, 2.75) is 51.9 Å². The Kier molecular flexibility index (Phi) is 5.02. The van der Waals surface area contributed by atoms with E-state index in [1.807, 2.05) is 36.9 Å². The summed E-state index contributed by atoms with van der Waals surface area (Å²) in [5, 5.41) is 7.05. The van der Waals surface area contributed by atoms with Crippen LogP contribution in [0.15, 0.2) is 22.7 Å². The minimum absolute atomic E-state index is 0.0849. The largest absolute Gasteiger partial charge is 0.342 e. The Morgan fingerprint density at radius 3 is 3.00 bits per heavy atom. The summed E-state index contributed by atoms with van der Waals surface area (Å²) in [7, 11) is 0. The third-order valence-electron chi connectivity index (χ3n) is 5.15. The Bertz CT molecular complexity index is 976. The molecule has 0 bridgehead atoms. The van der Waals surface area contributed by atoms with Crippen LogP contribution in [-0.4, -0.2) is 44.1 Å². The molecule has 1 unspecified atom stereocenters. The molecule has 0 saturated carbocycles. The monoisotopic (exact) mass is 382 g/mol. The van der Waals surface area contributed by atoms with E-state index in [1.165, 1.54) is 0 Å². The maximum absolute atomic E-state index is 12.8. The van der Waals surface area contributed by atoms with Gasteiger partial charge in [0.05, 0.1) is 17.0 Å². The van der Waals surface area contributed by atoms with E-state index >= 15 is 0 Å². The predicted octanol–water partition coefficient (Wildman–Crippen LogP) is 4.04. The number of carbonyl (C=O) groups is 1. The van der Waals surface area contributed by atoms with Gasteiger partial charge in [-0.25, -0.2) is 9.78 Å². The molecular weight excluding hydrogens is 356 g/mol. The first-order valence-electron chi connectivity index (χ1n) is 9.91. The van der Waals surface area contributed by atoms with Crippen LogP contribution in [0.5, 0.6) is 0 Å². The smallest absolute Gasteiger partial charge is 0.321 e. The first kappa shape index (κ1) is 18.5. The van der Waals surface area contributed by atoms with E-state index in [4.69, 9.17) is 4.52 Å². The van der Waals surface area contributed by atoms with Gasteiger partial charge in [0, 0.05) is 31.1 Å². The molecule has 1 aromatic carbocycles. The number of amides is 2. The maximum atomic E-state index is 12.8. The molecule has 1 aliphatic heterocycles. The van der Waals surface area contributed by atoms with E-state index in [2.05, 4.69) is 32.3 Å². The topological polar surface area (TPSA) is 99.9 Å². The molecule has 0 aliphatic carbocycles. The SMILES string of the molecule is CCc1nc2ccc(NC(=O)N3CCCC(c4nc(C(C)C)no4)C3)cc2[nH]1. The van der Waals surface area contributed by atoms with Gasteiger partial charge in [0.1, 0.15) is 5.82 Å². The third kappa shape index (κ3) is 3.72. The number of nitrogens with zero attached hydrogens (tertiary/aromatic N) is 4. The molecule has 2 aromatic heterocycles. The molecule has 0 spiro atoms. The Hall–Kier alpha value is -2.90. The lowest BCUT2D eigenvalue weighted by Gasteiger charge is -2.31. The van der Waals surface area contributed by atoms with Crippen molar-refractivity contribution in [3.8, 4) is 0 Å². The van der Waals surface area contributed by atoms with E-state index in [0.717, 1.165) is 54.2 Å². The zero-order chi connectivity index (χ0) is 19.7. The molecule has 4 rings (SSSR count). The van der Waals surface area contributed by atoms with Crippen molar-refractivity contribution in [2.75, 3.05) is 18.4 Å². The van der Waals surface area contributed by atoms with Gasteiger partial charge in [0.25, 0.3) is 0 Å². The van der Waals surface area contributed by atoms with Gasteiger partial charge in [-0.3, -0.25) is 0 Å². The third-order valence-corrected chi connectivity index (χ3v) is 5.15. The van der Waals surface area contributed by atoms with Gasteiger partial charge in [-0.1, -0.05) is 25.9 Å². The molecule has 8 heteroatoms. The fraction of sp³-hybridized carbons (Fsp3) is 0.500. The van der Waals surface area contributed by atoms with E-state index < -0.39 is 0 Å². The molecule has 1 fully saturated rings. The molecule has 2 N–H and O–H groups in total. The predicted molar refractivity (Wildman–Crippen MR) is 106 cm³/mol. The van der Waals surface area contributed by atoms with E-state index in [1.54, 1.807) is 0 Å². The summed E-state index contributed by atoms with van der Waals surface area (Å²) < 4.78 is 5.44. The van der Waals surface area contributed by atoms with Crippen molar-refractivity contribution in [1.29, 1.82) is 0 Å². The number of hydrogen-bond donors (Lipinski definition) is 2. The quantitative estimate of drug-likeness (QED) is 0.709. The Morgan fingerprint density at radius 1 is 1.39 bits per heavy atom. The van der Waals surface area contributed by atoms with Crippen LogP contribution in [0.1, 0.15) is 63.0 Å². The first-order valence-corrected chi connectivity index (χ1v) is 9.91. The summed E-state index contributed by atoms with van der Waals surface area (Å²) in [5.41, 5.74) is 2.59. The second-order valence-electron chi connectivity index (χ2n) is 7.63. The molecular formula is C20H26N6O2. The first-order chi connectivity index (χ1) is 13.5. The number of hydrogen-bond acceptors (Lipinski definition) is 5. The van der Waals surface area contributed by atoms with Crippen LogP contribution >= 0.6 is 0 Å². The number of aromatic amines is 1. The second-order valence-corrected chi connectivity index (χ2v) is 7.63. The van der Waals surface area contributed by atoms with Gasteiger partial charge in [0.15, 0.2) is 5.82 Å². The highest BCUT2D eigenvalue weighted by atomic mass is 16.5. The van der Waals surface area contributed by atoms with Crippen LogP contribution in [0, 0.1) is 0 Å². The van der Waals surface area contributed by atoms with Gasteiger partial charge in [-0.15, -0.1) is 0 Å². The summed E-state index contributed by atoms with van der Waals surface area (Å²) in [4.78, 5) is 26.9. The molecule has 8 nitrogen and oxygen atoms in total. The molecule has 3 heterocycles. The van der Waals surface area contributed by atoms with Crippen LogP contribution in [0.4, 0.5) is 10.5 Å². The summed E-state index contributed by atoms with van der Waals surface area (Å²) in [6.07, 6.45) is 2.71.